The highest BCUT2D eigenvalue weighted by molar-refractivity contribution is 7.18. The average Bonchev–Trinajstić information content (AvgIpc) is 3.77. The molecule has 2 fully saturated rings. The number of nitrogens with two attached hydrogens (primary N) is 1. The standard InChI is InChI=1S/C33H54BN7O6S/c1-9-25-33(7)28(41(31(44)47-33)15-11-10-14-40-18-23(38-39-40)24-17-37-30(35)48-24)22(5)36-13-12-19(2)16-32(6,45-8)27(34)20(3)26(42)21(4)29(43)46-25/h17-22,25,27-28,36H,9-16,34H2,1-8H3,(H2,35,37)/t19-,20+,21-,22+,25-,27-,28-,32-,33-/m1/s1. The number of rotatable bonds is 8. The van der Waals surface area contributed by atoms with E-state index in [0.29, 0.717) is 43.5 Å². The van der Waals surface area contributed by atoms with Crippen LogP contribution in [0.4, 0.5) is 9.93 Å². The highest BCUT2D eigenvalue weighted by atomic mass is 32.1. The molecule has 0 radical (unpaired) electrons. The second-order valence-corrected chi connectivity index (χ2v) is 15.3. The number of ether oxygens (including phenoxy) is 3. The van der Waals surface area contributed by atoms with Gasteiger partial charge in [0, 0.05) is 38.4 Å². The van der Waals surface area contributed by atoms with Crippen molar-refractivity contribution >= 4 is 42.2 Å². The number of cyclic esters (lactones) is 1. The van der Waals surface area contributed by atoms with E-state index in [4.69, 9.17) is 19.9 Å². The minimum Gasteiger partial charge on any atom is -0.458 e. The Morgan fingerprint density at radius 2 is 1.88 bits per heavy atom. The van der Waals surface area contributed by atoms with Crippen LogP contribution in [0.5, 0.6) is 0 Å². The monoisotopic (exact) mass is 687 g/mol. The van der Waals surface area contributed by atoms with E-state index in [0.717, 1.165) is 29.8 Å². The third-order valence-electron chi connectivity index (χ3n) is 10.8. The number of hydrogen-bond donors (Lipinski definition) is 2. The lowest BCUT2D eigenvalue weighted by Crippen LogP contribution is -2.60. The number of carbonyl (C=O) groups is 3. The quantitative estimate of drug-likeness (QED) is 0.180. The highest BCUT2D eigenvalue weighted by Gasteiger charge is 2.58. The molecule has 0 bridgehead atoms. The molecule has 2 aromatic heterocycles. The fourth-order valence-corrected chi connectivity index (χ4v) is 8.15. The van der Waals surface area contributed by atoms with Gasteiger partial charge in [-0.25, -0.2) is 9.78 Å². The summed E-state index contributed by atoms with van der Waals surface area (Å²) in [6.45, 7) is 15.3. The van der Waals surface area contributed by atoms with Gasteiger partial charge >= 0.3 is 12.1 Å². The van der Waals surface area contributed by atoms with E-state index in [1.165, 1.54) is 11.3 Å². The molecule has 4 heterocycles. The number of thiazole rings is 1. The number of ketones is 1. The summed E-state index contributed by atoms with van der Waals surface area (Å²) in [5, 5.41) is 12.6. The number of amides is 1. The molecule has 0 unspecified atom stereocenters. The van der Waals surface area contributed by atoms with Crippen LogP contribution in [-0.2, 0) is 30.3 Å². The summed E-state index contributed by atoms with van der Waals surface area (Å²) in [4.78, 5) is 47.5. The number of nitrogens with zero attached hydrogens (tertiary/aromatic N) is 5. The van der Waals surface area contributed by atoms with Gasteiger partial charge in [0.05, 0.1) is 22.7 Å². The third kappa shape index (κ3) is 8.05. The number of nitrogen functional groups attached to an aromatic ring is 1. The molecule has 4 rings (SSSR count). The van der Waals surface area contributed by atoms with Crippen LogP contribution in [-0.4, -0.2) is 100 Å². The number of unbranched alkanes of at least 4 members (excludes halogenated alkanes) is 1. The van der Waals surface area contributed by atoms with E-state index < -0.39 is 47.2 Å². The number of esters is 1. The highest BCUT2D eigenvalue weighted by Crippen LogP contribution is 2.40. The summed E-state index contributed by atoms with van der Waals surface area (Å²) >= 11 is 1.36. The molecule has 13 nitrogen and oxygen atoms in total. The van der Waals surface area contributed by atoms with Crippen molar-refractivity contribution in [1.29, 1.82) is 0 Å². The zero-order valence-corrected chi connectivity index (χ0v) is 30.8. The molecule has 48 heavy (non-hydrogen) atoms. The first-order chi connectivity index (χ1) is 22.6. The van der Waals surface area contributed by atoms with Crippen molar-refractivity contribution in [2.75, 3.05) is 25.9 Å². The Hall–Kier alpha value is -3.04. The molecule has 2 aliphatic heterocycles. The Bertz CT molecular complexity index is 1420. The molecule has 0 saturated carbocycles. The number of carbonyl (C=O) groups excluding carboxylic acids is 3. The predicted molar refractivity (Wildman–Crippen MR) is 187 cm³/mol. The van der Waals surface area contributed by atoms with E-state index in [2.05, 4.69) is 41.4 Å². The minimum absolute atomic E-state index is 0.120. The Balaban J connectivity index is 1.53. The summed E-state index contributed by atoms with van der Waals surface area (Å²) < 4.78 is 20.1. The van der Waals surface area contributed by atoms with E-state index >= 15 is 0 Å². The van der Waals surface area contributed by atoms with Gasteiger partial charge in [0.25, 0.3) is 0 Å². The van der Waals surface area contributed by atoms with E-state index in [1.54, 1.807) is 29.8 Å². The van der Waals surface area contributed by atoms with Crippen LogP contribution in [0.3, 0.4) is 0 Å². The maximum atomic E-state index is 13.6. The Morgan fingerprint density at radius 1 is 1.17 bits per heavy atom. The summed E-state index contributed by atoms with van der Waals surface area (Å²) in [7, 11) is 3.72. The second-order valence-electron chi connectivity index (χ2n) is 14.2. The molecular weight excluding hydrogens is 633 g/mol. The Morgan fingerprint density at radius 3 is 2.52 bits per heavy atom. The molecule has 3 N–H and O–H groups in total. The van der Waals surface area contributed by atoms with E-state index in [-0.39, 0.29) is 17.6 Å². The van der Waals surface area contributed by atoms with Crippen molar-refractivity contribution < 1.29 is 28.6 Å². The van der Waals surface area contributed by atoms with E-state index in [1.807, 2.05) is 34.8 Å². The van der Waals surface area contributed by atoms with Crippen molar-refractivity contribution in [2.24, 2.45) is 17.8 Å². The van der Waals surface area contributed by atoms with Crippen LogP contribution < -0.4 is 11.1 Å². The maximum Gasteiger partial charge on any atom is 0.410 e. The van der Waals surface area contributed by atoms with Gasteiger partial charge in [0.1, 0.15) is 31.3 Å². The first-order valence-electron chi connectivity index (χ1n) is 17.3. The summed E-state index contributed by atoms with van der Waals surface area (Å²) in [6.07, 6.45) is 5.87. The lowest BCUT2D eigenvalue weighted by Gasteiger charge is -2.42. The van der Waals surface area contributed by atoms with E-state index in [9.17, 15) is 14.4 Å². The molecule has 15 heteroatoms. The summed E-state index contributed by atoms with van der Waals surface area (Å²) in [6, 6.07) is -0.597. The number of methoxy groups -OCH3 is 1. The van der Waals surface area contributed by atoms with Gasteiger partial charge in [0.2, 0.25) is 0 Å². The maximum absolute atomic E-state index is 13.6. The van der Waals surface area contributed by atoms with Crippen molar-refractivity contribution in [3.05, 3.63) is 12.4 Å². The van der Waals surface area contributed by atoms with Crippen LogP contribution in [0.25, 0.3) is 10.6 Å². The Labute approximate surface area is 289 Å². The van der Waals surface area contributed by atoms with Crippen LogP contribution in [0, 0.1) is 17.8 Å². The average molecular weight is 688 g/mol. The molecule has 266 valence electrons. The largest absolute Gasteiger partial charge is 0.458 e. The molecule has 0 aliphatic carbocycles. The number of aryl methyl sites for hydroxylation is 1. The number of hydrogen-bond acceptors (Lipinski definition) is 12. The molecule has 1 amide bonds. The first kappa shape index (κ1) is 37.8. The van der Waals surface area contributed by atoms with Crippen molar-refractivity contribution in [1.82, 2.24) is 30.2 Å². The number of anilines is 1. The van der Waals surface area contributed by atoms with Gasteiger partial charge < -0.3 is 25.3 Å². The number of nitrogens with one attached hydrogen (secondary N) is 1. The zero-order chi connectivity index (χ0) is 35.4. The van der Waals surface area contributed by atoms with Crippen molar-refractivity contribution in [3.8, 4) is 10.6 Å². The second kappa shape index (κ2) is 15.7. The number of fused-ring (bicyclic) bond motifs is 1. The van der Waals surface area contributed by atoms with Crippen LogP contribution in [0.15, 0.2) is 12.4 Å². The van der Waals surface area contributed by atoms with Crippen molar-refractivity contribution in [3.63, 3.8) is 0 Å². The van der Waals surface area contributed by atoms with Crippen LogP contribution in [0.1, 0.15) is 80.6 Å². The fraction of sp³-hybridized carbons (Fsp3) is 0.758. The smallest absolute Gasteiger partial charge is 0.410 e. The van der Waals surface area contributed by atoms with Gasteiger partial charge in [-0.1, -0.05) is 37.3 Å². The predicted octanol–water partition coefficient (Wildman–Crippen LogP) is 3.74. The third-order valence-corrected chi connectivity index (χ3v) is 11.7. The molecule has 0 spiro atoms. The van der Waals surface area contributed by atoms with Crippen molar-refractivity contribution in [2.45, 2.75) is 122 Å². The lowest BCUT2D eigenvalue weighted by atomic mass is 9.62. The zero-order valence-electron chi connectivity index (χ0n) is 30.0. The summed E-state index contributed by atoms with van der Waals surface area (Å²) in [5.41, 5.74) is 4.80. The first-order valence-corrected chi connectivity index (χ1v) is 18.1. The molecule has 0 aromatic carbocycles. The Kier molecular flexibility index (Phi) is 12.3. The molecule has 2 saturated heterocycles. The molecule has 2 aromatic rings. The summed E-state index contributed by atoms with van der Waals surface area (Å²) in [5.74, 6) is -2.00. The normalized spacial score (nSPS) is 34.1. The number of aromatic nitrogens is 4. The fourth-order valence-electron chi connectivity index (χ4n) is 7.52. The SMILES string of the molecule is B[C@@H]1[C@@H](C)C(=O)[C@@H](C)C(=O)O[C@H](CC)[C@@]2(C)OC(=O)N(CCCCn3cc(-c4cnc(N)s4)nn3)[C@@H]2[C@H](C)NCC[C@@H](C)C[C@@]1(C)OC. The van der Waals surface area contributed by atoms with Gasteiger partial charge in [-0.15, -0.1) is 5.10 Å². The minimum atomic E-state index is -1.13. The van der Waals surface area contributed by atoms with Gasteiger partial charge in [0.15, 0.2) is 10.7 Å². The van der Waals surface area contributed by atoms with Crippen LogP contribution in [0.2, 0.25) is 5.82 Å². The van der Waals surface area contributed by atoms with Crippen LogP contribution >= 0.6 is 11.3 Å². The topological polar surface area (TPSA) is 164 Å². The number of Topliss-reactive ketones (excluding diaryl/α,β-unsaturated/α-hetero) is 1. The molecule has 9 atom stereocenters. The van der Waals surface area contributed by atoms with Gasteiger partial charge in [-0.3, -0.25) is 19.2 Å². The van der Waals surface area contributed by atoms with Gasteiger partial charge in [-0.05, 0) is 78.1 Å². The molecule has 2 aliphatic rings. The lowest BCUT2D eigenvalue weighted by molar-refractivity contribution is -0.170. The molecular formula is C33H54BN7O6S. The van der Waals surface area contributed by atoms with Gasteiger partial charge in [-0.2, -0.15) is 0 Å².